The molecule has 0 aromatic carbocycles. The maximum Gasteiger partial charge on any atom is 0.420 e. The van der Waals surface area contributed by atoms with E-state index < -0.39 is 50.1 Å². The minimum absolute atomic E-state index is 0.00274. The van der Waals surface area contributed by atoms with E-state index in [-0.39, 0.29) is 29.0 Å². The molecule has 2 heterocycles. The van der Waals surface area contributed by atoms with Crippen molar-refractivity contribution in [3.8, 4) is 0 Å². The summed E-state index contributed by atoms with van der Waals surface area (Å²) in [6.45, 7) is -0.00274. The Morgan fingerprint density at radius 1 is 1.31 bits per heavy atom. The number of hydrogen-bond donors (Lipinski definition) is 2. The normalized spacial score (nSPS) is 28.4. The minimum Gasteiger partial charge on any atom is -0.428 e. The van der Waals surface area contributed by atoms with E-state index in [0.717, 1.165) is 29.3 Å². The molecule has 35 heavy (non-hydrogen) atoms. The Morgan fingerprint density at radius 3 is 2.49 bits per heavy atom. The number of fused-ring (bicyclic) bond motifs is 2. The molecule has 1 atom stereocenters. The van der Waals surface area contributed by atoms with Crippen molar-refractivity contribution in [2.45, 2.75) is 74.3 Å². The predicted molar refractivity (Wildman–Crippen MR) is 115 cm³/mol. The number of hydrogen-bond acceptors (Lipinski definition) is 5. The zero-order valence-corrected chi connectivity index (χ0v) is 19.8. The summed E-state index contributed by atoms with van der Waals surface area (Å²) in [5, 5.41) is 13.6. The van der Waals surface area contributed by atoms with Gasteiger partial charge in [-0.1, -0.05) is 0 Å². The second-order valence-corrected chi connectivity index (χ2v) is 12.3. The number of nitrogens with zero attached hydrogens (tertiary/aromatic N) is 4. The van der Waals surface area contributed by atoms with Crippen molar-refractivity contribution < 1.29 is 31.8 Å². The van der Waals surface area contributed by atoms with Crippen LogP contribution in [0.1, 0.15) is 72.6 Å². The summed E-state index contributed by atoms with van der Waals surface area (Å²) in [5.41, 5.74) is -3.85. The molecule has 190 valence electrons. The maximum atomic E-state index is 14.8. The topological polar surface area (TPSA) is 113 Å². The summed E-state index contributed by atoms with van der Waals surface area (Å²) < 4.78 is 78.8. The van der Waals surface area contributed by atoms with E-state index in [0.29, 0.717) is 43.3 Å². The van der Waals surface area contributed by atoms with Crippen LogP contribution in [-0.2, 0) is 22.5 Å². The molecule has 2 aromatic rings. The molecule has 1 amide bonds. The number of alkyl halides is 4. The van der Waals surface area contributed by atoms with Gasteiger partial charge in [0.25, 0.3) is 5.91 Å². The van der Waals surface area contributed by atoms with Crippen LogP contribution in [0.25, 0.3) is 0 Å². The summed E-state index contributed by atoms with van der Waals surface area (Å²) in [6, 6.07) is 2.18. The van der Waals surface area contributed by atoms with Crippen LogP contribution in [0.2, 0.25) is 0 Å². The van der Waals surface area contributed by atoms with Gasteiger partial charge in [-0.15, -0.1) is 0 Å². The number of halogens is 4. The number of carbonyl (C=O) groups excluding carboxylic acids is 1. The average molecular weight is 516 g/mol. The van der Waals surface area contributed by atoms with Gasteiger partial charge in [0.2, 0.25) is 0 Å². The fraction of sp³-hybridized carbons (Fsp3) is 0.591. The number of pyridine rings is 1. The van der Waals surface area contributed by atoms with Crippen molar-refractivity contribution in [2.75, 3.05) is 6.26 Å². The molecule has 0 radical (unpaired) electrons. The van der Waals surface area contributed by atoms with E-state index in [1.807, 2.05) is 0 Å². The molecule has 2 bridgehead atoms. The monoisotopic (exact) mass is 515 g/mol. The third-order valence-corrected chi connectivity index (χ3v) is 8.43. The summed E-state index contributed by atoms with van der Waals surface area (Å²) in [6.07, 6.45) is 0.244. The van der Waals surface area contributed by atoms with E-state index in [2.05, 4.69) is 10.1 Å². The Hall–Kier alpha value is -2.70. The summed E-state index contributed by atoms with van der Waals surface area (Å²) in [4.78, 5) is 17.1. The smallest absolute Gasteiger partial charge is 0.420 e. The summed E-state index contributed by atoms with van der Waals surface area (Å²) >= 11 is 0. The van der Waals surface area contributed by atoms with Crippen molar-refractivity contribution >= 4 is 15.6 Å². The first-order valence-electron chi connectivity index (χ1n) is 11.3. The number of aromatic nitrogens is 3. The third-order valence-electron chi connectivity index (χ3n) is 7.33. The lowest BCUT2D eigenvalue weighted by Crippen LogP contribution is -2.26. The molecule has 3 fully saturated rings. The largest absolute Gasteiger partial charge is 0.428 e. The zero-order valence-electron chi connectivity index (χ0n) is 18.9. The first-order valence-corrected chi connectivity index (χ1v) is 13.3. The van der Waals surface area contributed by atoms with Crippen molar-refractivity contribution in [2.24, 2.45) is 10.4 Å². The minimum atomic E-state index is -4.85. The Bertz CT molecular complexity index is 1380. The number of nitrogens with one attached hydrogen (secondary N) is 1. The van der Waals surface area contributed by atoms with Crippen LogP contribution < -0.4 is 5.36 Å². The number of amides is 1. The number of rotatable bonds is 5. The fourth-order valence-electron chi connectivity index (χ4n) is 5.51. The van der Waals surface area contributed by atoms with E-state index in [9.17, 15) is 31.8 Å². The van der Waals surface area contributed by atoms with E-state index >= 15 is 0 Å². The van der Waals surface area contributed by atoms with Crippen molar-refractivity contribution in [3.63, 3.8) is 0 Å². The van der Waals surface area contributed by atoms with Crippen LogP contribution in [0, 0.1) is 10.2 Å². The summed E-state index contributed by atoms with van der Waals surface area (Å²) in [7, 11) is -3.41. The van der Waals surface area contributed by atoms with Crippen LogP contribution in [0.4, 0.5) is 17.6 Å². The molecular weight excluding hydrogens is 490 g/mol. The van der Waals surface area contributed by atoms with Gasteiger partial charge in [0.15, 0.2) is 5.03 Å². The lowest BCUT2D eigenvalue weighted by molar-refractivity contribution is -0.138. The molecule has 3 saturated carbocycles. The highest BCUT2D eigenvalue weighted by atomic mass is 32.2. The van der Waals surface area contributed by atoms with Gasteiger partial charge in [-0.2, -0.15) is 23.0 Å². The molecule has 2 aromatic heterocycles. The predicted octanol–water partition coefficient (Wildman–Crippen LogP) is 4.27. The van der Waals surface area contributed by atoms with Crippen molar-refractivity contribution in [1.29, 1.82) is 4.78 Å². The SMILES string of the molecule is CS(=N)(=O)c1cc(=NC(=O)c2c(C(F)(F)F)c(C3CC3)nn2CC23CCC(F)(CC2)C3)ccn1O. The standard InChI is InChI=1S/C22H25F4N5O3S/c1-35(27,34)15-10-14(4-9-31(15)33)28-19(32)18-16(22(24,25)26)17(13-2-3-13)29-30(18)12-20-5-7-21(23,11-20)8-6-20/h4,9-10,13,27,33H,2-3,5-8,11-12H2,1H3. The molecule has 0 aliphatic heterocycles. The van der Waals surface area contributed by atoms with Crippen LogP contribution in [-0.4, -0.2) is 41.8 Å². The Morgan fingerprint density at radius 2 is 1.97 bits per heavy atom. The van der Waals surface area contributed by atoms with E-state index in [1.165, 1.54) is 0 Å². The number of carbonyl (C=O) groups is 1. The maximum absolute atomic E-state index is 14.8. The van der Waals surface area contributed by atoms with Crippen molar-refractivity contribution in [1.82, 2.24) is 14.5 Å². The second kappa shape index (κ2) is 7.65. The van der Waals surface area contributed by atoms with Gasteiger partial charge in [0.1, 0.15) is 16.9 Å². The molecule has 3 aliphatic carbocycles. The van der Waals surface area contributed by atoms with Gasteiger partial charge >= 0.3 is 6.18 Å². The fourth-order valence-corrected chi connectivity index (χ4v) is 6.28. The molecule has 3 aliphatic rings. The van der Waals surface area contributed by atoms with E-state index in [1.54, 1.807) is 0 Å². The van der Waals surface area contributed by atoms with Gasteiger partial charge in [-0.25, -0.2) is 18.4 Å². The molecule has 2 N–H and O–H groups in total. The van der Waals surface area contributed by atoms with Crippen LogP contribution >= 0.6 is 0 Å². The molecule has 1 unspecified atom stereocenters. The van der Waals surface area contributed by atoms with Gasteiger partial charge in [0.05, 0.1) is 20.8 Å². The van der Waals surface area contributed by atoms with Crippen LogP contribution in [0.15, 0.2) is 28.3 Å². The molecule has 0 saturated heterocycles. The quantitative estimate of drug-likeness (QED) is 0.457. The molecule has 13 heteroatoms. The Labute approximate surface area is 198 Å². The molecule has 5 rings (SSSR count). The summed E-state index contributed by atoms with van der Waals surface area (Å²) in [5.74, 6) is -1.58. The van der Waals surface area contributed by atoms with Crippen LogP contribution in [0.5, 0.6) is 0 Å². The van der Waals surface area contributed by atoms with Gasteiger partial charge < -0.3 is 5.21 Å². The molecular formula is C22H25F4N5O3S. The third kappa shape index (κ3) is 4.38. The van der Waals surface area contributed by atoms with Crippen molar-refractivity contribution in [3.05, 3.63) is 40.6 Å². The van der Waals surface area contributed by atoms with Gasteiger partial charge in [-0.05, 0) is 56.4 Å². The highest BCUT2D eigenvalue weighted by Crippen LogP contribution is 2.59. The van der Waals surface area contributed by atoms with Gasteiger partial charge in [0, 0.05) is 31.0 Å². The average Bonchev–Trinajstić information content (AvgIpc) is 3.33. The Balaban J connectivity index is 1.63. The Kier molecular flexibility index (Phi) is 5.25. The zero-order chi connectivity index (χ0) is 25.4. The second-order valence-electron chi connectivity index (χ2n) is 10.2. The first-order chi connectivity index (χ1) is 16.2. The van der Waals surface area contributed by atoms with Crippen LogP contribution in [0.3, 0.4) is 0 Å². The lowest BCUT2D eigenvalue weighted by atomic mass is 9.84. The highest BCUT2D eigenvalue weighted by Gasteiger charge is 2.56. The molecule has 0 spiro atoms. The van der Waals surface area contributed by atoms with E-state index in [4.69, 9.17) is 4.78 Å². The molecule has 8 nitrogen and oxygen atoms in total. The van der Waals surface area contributed by atoms with Gasteiger partial charge in [-0.3, -0.25) is 9.48 Å². The lowest BCUT2D eigenvalue weighted by Gasteiger charge is -2.26. The first kappa shape index (κ1) is 24.0. The highest BCUT2D eigenvalue weighted by molar-refractivity contribution is 7.91.